The van der Waals surface area contributed by atoms with Gasteiger partial charge in [0.1, 0.15) is 11.5 Å². The molecule has 0 saturated carbocycles. The first kappa shape index (κ1) is 15.4. The average molecular weight is 274 g/mol. The summed E-state index contributed by atoms with van der Waals surface area (Å²) in [6.07, 6.45) is 0. The summed E-state index contributed by atoms with van der Waals surface area (Å²) in [5, 5.41) is 11.5. The Hall–Kier alpha value is -2.69. The Kier molecular flexibility index (Phi) is 5.90. The maximum Gasteiger partial charge on any atom is 0.221 e. The molecule has 1 amide bonds. The third-order valence-electron chi connectivity index (χ3n) is 2.30. The summed E-state index contributed by atoms with van der Waals surface area (Å²) >= 11 is 0. The van der Waals surface area contributed by atoms with Crippen LogP contribution in [0.4, 0.5) is 11.4 Å². The fourth-order valence-corrected chi connectivity index (χ4v) is 1.35. The molecule has 0 atom stereocenters. The van der Waals surface area contributed by atoms with E-state index in [4.69, 9.17) is 15.6 Å². The second kappa shape index (κ2) is 7.68. The van der Waals surface area contributed by atoms with E-state index in [-0.39, 0.29) is 11.7 Å². The summed E-state index contributed by atoms with van der Waals surface area (Å²) < 4.78 is 4.91. The maximum atomic E-state index is 10.5. The summed E-state index contributed by atoms with van der Waals surface area (Å²) in [5.41, 5.74) is 6.88. The molecule has 20 heavy (non-hydrogen) atoms. The van der Waals surface area contributed by atoms with Crippen molar-refractivity contribution >= 4 is 17.3 Å². The standard InChI is InChI=1S/C8H9NO2.C7H9NO/c1-6(10)9-7-2-4-8(11)5-3-7;1-9-7-4-2-6(8)3-5-7/h2-5,11H,1H3,(H,9,10);2-5H,8H2,1H3. The van der Waals surface area contributed by atoms with Crippen LogP contribution in [0.2, 0.25) is 0 Å². The first-order valence-electron chi connectivity index (χ1n) is 5.97. The molecule has 0 aliphatic heterocycles. The molecule has 2 aromatic rings. The van der Waals surface area contributed by atoms with Crippen molar-refractivity contribution in [2.24, 2.45) is 0 Å². The van der Waals surface area contributed by atoms with Crippen LogP contribution in [0.1, 0.15) is 6.92 Å². The zero-order valence-electron chi connectivity index (χ0n) is 11.5. The van der Waals surface area contributed by atoms with Crippen LogP contribution in [0, 0.1) is 0 Å². The number of amides is 1. The highest BCUT2D eigenvalue weighted by Crippen LogP contribution is 2.13. The number of phenolic OH excluding ortho intramolecular Hbond substituents is 1. The monoisotopic (exact) mass is 274 g/mol. The van der Waals surface area contributed by atoms with E-state index in [9.17, 15) is 4.79 Å². The molecule has 0 saturated heterocycles. The van der Waals surface area contributed by atoms with E-state index < -0.39 is 0 Å². The van der Waals surface area contributed by atoms with Gasteiger partial charge < -0.3 is 20.9 Å². The lowest BCUT2D eigenvalue weighted by Crippen LogP contribution is -2.04. The summed E-state index contributed by atoms with van der Waals surface area (Å²) in [4.78, 5) is 10.5. The van der Waals surface area contributed by atoms with Crippen molar-refractivity contribution in [3.05, 3.63) is 48.5 Å². The highest BCUT2D eigenvalue weighted by Gasteiger charge is 1.93. The Morgan fingerprint density at radius 3 is 2.10 bits per heavy atom. The Labute approximate surface area is 118 Å². The van der Waals surface area contributed by atoms with Gasteiger partial charge in [0.05, 0.1) is 7.11 Å². The van der Waals surface area contributed by atoms with Crippen molar-refractivity contribution < 1.29 is 14.6 Å². The molecule has 0 unspecified atom stereocenters. The number of hydrogen-bond acceptors (Lipinski definition) is 4. The lowest BCUT2D eigenvalue weighted by molar-refractivity contribution is -0.114. The number of methoxy groups -OCH3 is 1. The van der Waals surface area contributed by atoms with Crippen LogP contribution in [-0.2, 0) is 4.79 Å². The Bertz CT molecular complexity index is 536. The second-order valence-electron chi connectivity index (χ2n) is 4.00. The number of phenols is 1. The molecule has 0 spiro atoms. The highest BCUT2D eigenvalue weighted by molar-refractivity contribution is 5.88. The number of aromatic hydroxyl groups is 1. The molecular formula is C15H18N2O3. The van der Waals surface area contributed by atoms with Crippen molar-refractivity contribution in [2.75, 3.05) is 18.2 Å². The smallest absolute Gasteiger partial charge is 0.221 e. The van der Waals surface area contributed by atoms with Gasteiger partial charge in [0.2, 0.25) is 5.91 Å². The quantitative estimate of drug-likeness (QED) is 0.580. The van der Waals surface area contributed by atoms with Gasteiger partial charge in [-0.25, -0.2) is 0 Å². The maximum absolute atomic E-state index is 10.5. The average Bonchev–Trinajstić information content (AvgIpc) is 2.43. The predicted octanol–water partition coefficient (Wildman–Crippen LogP) is 2.63. The van der Waals surface area contributed by atoms with Gasteiger partial charge >= 0.3 is 0 Å². The van der Waals surface area contributed by atoms with Crippen LogP contribution in [0.15, 0.2) is 48.5 Å². The van der Waals surface area contributed by atoms with Crippen LogP contribution >= 0.6 is 0 Å². The number of rotatable bonds is 2. The third kappa shape index (κ3) is 5.77. The Balaban J connectivity index is 0.000000204. The number of carbonyl (C=O) groups is 1. The number of nitrogen functional groups attached to an aromatic ring is 1. The molecule has 0 aliphatic rings. The first-order chi connectivity index (χ1) is 9.51. The molecule has 106 valence electrons. The first-order valence-corrected chi connectivity index (χ1v) is 5.97. The third-order valence-corrected chi connectivity index (χ3v) is 2.30. The van der Waals surface area contributed by atoms with Gasteiger partial charge in [0, 0.05) is 18.3 Å². The van der Waals surface area contributed by atoms with Crippen molar-refractivity contribution in [3.8, 4) is 11.5 Å². The second-order valence-corrected chi connectivity index (χ2v) is 4.00. The van der Waals surface area contributed by atoms with Crippen LogP contribution in [-0.4, -0.2) is 18.1 Å². The Morgan fingerprint density at radius 2 is 1.65 bits per heavy atom. The van der Waals surface area contributed by atoms with E-state index in [2.05, 4.69) is 5.32 Å². The zero-order valence-corrected chi connectivity index (χ0v) is 11.5. The number of carbonyl (C=O) groups excluding carboxylic acids is 1. The summed E-state index contributed by atoms with van der Waals surface area (Å²) in [6, 6.07) is 13.6. The van der Waals surface area contributed by atoms with Crippen molar-refractivity contribution in [2.45, 2.75) is 6.92 Å². The number of nitrogens with one attached hydrogen (secondary N) is 1. The van der Waals surface area contributed by atoms with Gasteiger partial charge in [-0.3, -0.25) is 4.79 Å². The fourth-order valence-electron chi connectivity index (χ4n) is 1.35. The van der Waals surface area contributed by atoms with Gasteiger partial charge in [-0.15, -0.1) is 0 Å². The number of anilines is 2. The molecule has 4 N–H and O–H groups in total. The van der Waals surface area contributed by atoms with Crippen molar-refractivity contribution in [3.63, 3.8) is 0 Å². The lowest BCUT2D eigenvalue weighted by atomic mass is 10.3. The van der Waals surface area contributed by atoms with E-state index >= 15 is 0 Å². The molecule has 2 rings (SSSR count). The molecule has 0 fully saturated rings. The van der Waals surface area contributed by atoms with Crippen LogP contribution in [0.5, 0.6) is 11.5 Å². The fraction of sp³-hybridized carbons (Fsp3) is 0.133. The zero-order chi connectivity index (χ0) is 15.0. The SMILES string of the molecule is CC(=O)Nc1ccc(O)cc1.COc1ccc(N)cc1. The molecule has 0 aromatic heterocycles. The molecule has 0 bridgehead atoms. The van der Waals surface area contributed by atoms with Gasteiger partial charge in [-0.2, -0.15) is 0 Å². The van der Waals surface area contributed by atoms with Crippen LogP contribution in [0.3, 0.4) is 0 Å². The minimum Gasteiger partial charge on any atom is -0.508 e. The van der Waals surface area contributed by atoms with Crippen molar-refractivity contribution in [1.82, 2.24) is 0 Å². The van der Waals surface area contributed by atoms with Crippen LogP contribution in [0.25, 0.3) is 0 Å². The van der Waals surface area contributed by atoms with E-state index in [1.165, 1.54) is 19.1 Å². The number of benzene rings is 2. The Morgan fingerprint density at radius 1 is 1.10 bits per heavy atom. The molecule has 5 heteroatoms. The summed E-state index contributed by atoms with van der Waals surface area (Å²) in [5.74, 6) is 0.916. The molecule has 0 heterocycles. The van der Waals surface area contributed by atoms with Gasteiger partial charge in [0.15, 0.2) is 0 Å². The largest absolute Gasteiger partial charge is 0.508 e. The minimum atomic E-state index is -0.115. The number of ether oxygens (including phenoxy) is 1. The van der Waals surface area contributed by atoms with E-state index in [0.717, 1.165) is 11.4 Å². The normalized spacial score (nSPS) is 9.10. The number of hydrogen-bond donors (Lipinski definition) is 3. The predicted molar refractivity (Wildman–Crippen MR) is 79.8 cm³/mol. The molecule has 2 aromatic carbocycles. The lowest BCUT2D eigenvalue weighted by Gasteiger charge is -1.99. The van der Waals surface area contributed by atoms with Crippen molar-refractivity contribution in [1.29, 1.82) is 0 Å². The van der Waals surface area contributed by atoms with Crippen LogP contribution < -0.4 is 15.8 Å². The topological polar surface area (TPSA) is 84.6 Å². The van der Waals surface area contributed by atoms with E-state index in [1.807, 2.05) is 12.1 Å². The van der Waals surface area contributed by atoms with Gasteiger partial charge in [0.25, 0.3) is 0 Å². The minimum absolute atomic E-state index is 0.115. The van der Waals surface area contributed by atoms with Gasteiger partial charge in [-0.05, 0) is 48.5 Å². The molecule has 5 nitrogen and oxygen atoms in total. The summed E-state index contributed by atoms with van der Waals surface area (Å²) in [7, 11) is 1.63. The van der Waals surface area contributed by atoms with Gasteiger partial charge in [-0.1, -0.05) is 0 Å². The van der Waals surface area contributed by atoms with E-state index in [1.54, 1.807) is 31.4 Å². The summed E-state index contributed by atoms with van der Waals surface area (Å²) in [6.45, 7) is 1.44. The molecule has 0 radical (unpaired) electrons. The molecule has 0 aliphatic carbocycles. The van der Waals surface area contributed by atoms with E-state index in [0.29, 0.717) is 5.69 Å². The molecular weight excluding hydrogens is 256 g/mol. The number of nitrogens with two attached hydrogens (primary N) is 1. The highest BCUT2D eigenvalue weighted by atomic mass is 16.5.